The van der Waals surface area contributed by atoms with Crippen molar-refractivity contribution in [2.45, 2.75) is 53.2 Å². The molecule has 0 aliphatic carbocycles. The zero-order valence-corrected chi connectivity index (χ0v) is 32.2. The van der Waals surface area contributed by atoms with Crippen molar-refractivity contribution in [3.63, 3.8) is 0 Å². The number of hydrogen-bond donors (Lipinski definition) is 0. The first-order chi connectivity index (χ1) is 26.2. The Morgan fingerprint density at radius 3 is 2.28 bits per heavy atom. The highest BCUT2D eigenvalue weighted by atomic mass is 35.5. The molecule has 0 radical (unpaired) electrons. The molecule has 6 rings (SSSR count). The van der Waals surface area contributed by atoms with E-state index in [2.05, 4.69) is 74.3 Å². The molecular formula is C45H48ClN3O5. The quantitative estimate of drug-likeness (QED) is 0.105. The van der Waals surface area contributed by atoms with Gasteiger partial charge in [0.25, 0.3) is 0 Å². The maximum absolute atomic E-state index is 13.2. The molecule has 2 heterocycles. The van der Waals surface area contributed by atoms with Crippen LogP contribution in [0.1, 0.15) is 58.7 Å². The number of hydroxylamine groups is 2. The van der Waals surface area contributed by atoms with Crippen molar-refractivity contribution in [1.82, 2.24) is 14.9 Å². The fraction of sp³-hybridized carbons (Fsp3) is 0.289. The molecule has 0 atom stereocenters. The van der Waals surface area contributed by atoms with E-state index in [-0.39, 0.29) is 5.91 Å². The Labute approximate surface area is 323 Å². The second-order valence-electron chi connectivity index (χ2n) is 13.9. The van der Waals surface area contributed by atoms with E-state index in [0.29, 0.717) is 74.3 Å². The number of ether oxygens (including phenoxy) is 3. The van der Waals surface area contributed by atoms with E-state index < -0.39 is 0 Å². The van der Waals surface area contributed by atoms with Crippen LogP contribution in [0.3, 0.4) is 0 Å². The summed E-state index contributed by atoms with van der Waals surface area (Å²) in [6.45, 7) is 12.2. The second kappa shape index (κ2) is 18.7. The van der Waals surface area contributed by atoms with Crippen molar-refractivity contribution >= 4 is 23.6 Å². The van der Waals surface area contributed by atoms with E-state index in [1.54, 1.807) is 30.5 Å². The first-order valence-electron chi connectivity index (χ1n) is 18.5. The Morgan fingerprint density at radius 2 is 1.57 bits per heavy atom. The monoisotopic (exact) mass is 745 g/mol. The molecule has 4 aromatic carbocycles. The third-order valence-electron chi connectivity index (χ3n) is 9.27. The maximum atomic E-state index is 13.2. The number of hydrogen-bond acceptors (Lipinski definition) is 7. The van der Waals surface area contributed by atoms with Crippen molar-refractivity contribution in [2.75, 3.05) is 32.8 Å². The highest BCUT2D eigenvalue weighted by molar-refractivity contribution is 6.32. The lowest BCUT2D eigenvalue weighted by Gasteiger charge is -2.20. The summed E-state index contributed by atoms with van der Waals surface area (Å²) < 4.78 is 17.9. The minimum Gasteiger partial charge on any atom is -0.493 e. The van der Waals surface area contributed by atoms with Gasteiger partial charge >= 0.3 is 0 Å². The second-order valence-corrected chi connectivity index (χ2v) is 14.3. The van der Waals surface area contributed by atoms with E-state index in [9.17, 15) is 4.79 Å². The molecule has 1 amide bonds. The molecule has 0 bridgehead atoms. The Bertz CT molecular complexity index is 1970. The summed E-state index contributed by atoms with van der Waals surface area (Å²) in [6.07, 6.45) is 5.83. The Morgan fingerprint density at radius 1 is 0.852 bits per heavy atom. The molecule has 9 heteroatoms. The smallest absolute Gasteiger partial charge is 0.246 e. The van der Waals surface area contributed by atoms with Gasteiger partial charge in [-0.2, -0.15) is 5.06 Å². The fourth-order valence-corrected chi connectivity index (χ4v) is 6.32. The molecule has 1 saturated heterocycles. The number of aryl methyl sites for hydroxylation is 2. The summed E-state index contributed by atoms with van der Waals surface area (Å²) >= 11 is 6.64. The number of carbonyl (C=O) groups excluding carboxylic acids is 1. The third kappa shape index (κ3) is 11.2. The molecule has 0 saturated carbocycles. The highest BCUT2D eigenvalue weighted by Gasteiger charge is 2.19. The molecule has 5 aromatic rings. The van der Waals surface area contributed by atoms with Gasteiger partial charge in [-0.05, 0) is 89.6 Å². The maximum Gasteiger partial charge on any atom is 0.246 e. The van der Waals surface area contributed by atoms with Crippen LogP contribution in [0.15, 0.2) is 109 Å². The van der Waals surface area contributed by atoms with Gasteiger partial charge in [-0.25, -0.2) is 4.98 Å². The minimum atomic E-state index is -0.0779. The van der Waals surface area contributed by atoms with Crippen LogP contribution in [0.25, 0.3) is 6.08 Å². The topological polar surface area (TPSA) is 73.4 Å². The van der Waals surface area contributed by atoms with Gasteiger partial charge in [0, 0.05) is 44.7 Å². The van der Waals surface area contributed by atoms with Crippen LogP contribution in [0, 0.1) is 13.8 Å². The number of rotatable bonds is 14. The van der Waals surface area contributed by atoms with E-state index in [0.717, 1.165) is 34.4 Å². The van der Waals surface area contributed by atoms with Gasteiger partial charge in [0.15, 0.2) is 5.75 Å². The average molecular weight is 746 g/mol. The summed E-state index contributed by atoms with van der Waals surface area (Å²) in [4.78, 5) is 25.4. The predicted octanol–water partition coefficient (Wildman–Crippen LogP) is 9.76. The third-order valence-corrected chi connectivity index (χ3v) is 9.55. The van der Waals surface area contributed by atoms with Crippen LogP contribution in [0.2, 0.25) is 5.02 Å². The van der Waals surface area contributed by atoms with E-state index in [1.807, 2.05) is 53.3 Å². The normalized spacial score (nSPS) is 13.6. The van der Waals surface area contributed by atoms with E-state index in [1.165, 1.54) is 16.7 Å². The van der Waals surface area contributed by atoms with Gasteiger partial charge in [-0.3, -0.25) is 9.63 Å². The number of carbonyl (C=O) groups is 1. The van der Waals surface area contributed by atoms with Crippen LogP contribution in [0.5, 0.6) is 23.1 Å². The molecule has 280 valence electrons. The van der Waals surface area contributed by atoms with Crippen molar-refractivity contribution < 1.29 is 23.8 Å². The lowest BCUT2D eigenvalue weighted by Crippen LogP contribution is -2.34. The minimum absolute atomic E-state index is 0.0779. The molecule has 0 N–H and O–H groups in total. The lowest BCUT2D eigenvalue weighted by atomic mass is 10.0. The van der Waals surface area contributed by atoms with E-state index >= 15 is 0 Å². The molecule has 1 aliphatic heterocycles. The van der Waals surface area contributed by atoms with Gasteiger partial charge in [-0.1, -0.05) is 91.7 Å². The zero-order chi connectivity index (χ0) is 37.9. The summed E-state index contributed by atoms with van der Waals surface area (Å²) in [5, 5.41) is 2.36. The van der Waals surface area contributed by atoms with Crippen LogP contribution >= 0.6 is 11.6 Å². The predicted molar refractivity (Wildman–Crippen MR) is 214 cm³/mol. The first-order valence-corrected chi connectivity index (χ1v) is 18.8. The van der Waals surface area contributed by atoms with Gasteiger partial charge in [0.05, 0.1) is 24.4 Å². The van der Waals surface area contributed by atoms with Crippen molar-refractivity contribution in [1.29, 1.82) is 0 Å². The molecule has 8 nitrogen and oxygen atoms in total. The average Bonchev–Trinajstić information content (AvgIpc) is 3.42. The zero-order valence-electron chi connectivity index (χ0n) is 31.5. The number of aromatic nitrogens is 1. The van der Waals surface area contributed by atoms with Crippen molar-refractivity contribution in [3.05, 3.63) is 153 Å². The van der Waals surface area contributed by atoms with Crippen LogP contribution in [-0.2, 0) is 29.2 Å². The molecule has 0 spiro atoms. The summed E-state index contributed by atoms with van der Waals surface area (Å²) in [5.74, 6) is 2.89. The fourth-order valence-electron chi connectivity index (χ4n) is 6.01. The van der Waals surface area contributed by atoms with Crippen LogP contribution in [0.4, 0.5) is 0 Å². The van der Waals surface area contributed by atoms with Gasteiger partial charge in [0.1, 0.15) is 18.1 Å². The lowest BCUT2D eigenvalue weighted by molar-refractivity contribution is -0.155. The summed E-state index contributed by atoms with van der Waals surface area (Å²) in [5.41, 5.74) is 7.60. The number of pyridine rings is 1. The standard InChI is InChI=1S/C45H48ClN3O5/c1-32(2)39-14-16-40(17-15-39)51-25-21-35-9-11-36(12-10-35)30-49-23-22-48(24-26-53-49)44(50)20-13-38-27-34(4)45(42(46)28-38)54-43-19-18-41(29-47-43)52-31-37-7-5-33(3)6-8-37/h5-20,27-29,32H,21-26,30-31H2,1-4H3/b20-13+. The molecule has 1 fully saturated rings. The SMILES string of the molecule is Cc1ccc(COc2ccc(Oc3c(C)cc(/C=C/C(=O)N4CCON(Cc5ccc(CCOc6ccc(C(C)C)cc6)cc5)CC4)cc3Cl)nc2)cc1. The number of halogens is 1. The Hall–Kier alpha value is -5.15. The van der Waals surface area contributed by atoms with Gasteiger partial charge < -0.3 is 19.1 Å². The molecule has 1 aromatic heterocycles. The van der Waals surface area contributed by atoms with Gasteiger partial charge in [-0.15, -0.1) is 0 Å². The molecule has 1 aliphatic rings. The number of amides is 1. The molecular weight excluding hydrogens is 698 g/mol. The van der Waals surface area contributed by atoms with Crippen LogP contribution in [-0.4, -0.2) is 53.7 Å². The Kier molecular flexibility index (Phi) is 13.4. The van der Waals surface area contributed by atoms with E-state index in [4.69, 9.17) is 30.6 Å². The number of benzene rings is 4. The summed E-state index contributed by atoms with van der Waals surface area (Å²) in [6, 6.07) is 32.4. The van der Waals surface area contributed by atoms with Crippen molar-refractivity contribution in [2.24, 2.45) is 0 Å². The van der Waals surface area contributed by atoms with Crippen LogP contribution < -0.4 is 14.2 Å². The van der Waals surface area contributed by atoms with Crippen molar-refractivity contribution in [3.8, 4) is 23.1 Å². The highest BCUT2D eigenvalue weighted by Crippen LogP contribution is 2.34. The summed E-state index contributed by atoms with van der Waals surface area (Å²) in [7, 11) is 0. The Balaban J connectivity index is 0.940. The largest absolute Gasteiger partial charge is 0.493 e. The van der Waals surface area contributed by atoms with Gasteiger partial charge in [0.2, 0.25) is 11.8 Å². The molecule has 0 unspecified atom stereocenters. The first kappa shape index (κ1) is 38.6. The molecule has 54 heavy (non-hydrogen) atoms. The number of nitrogens with zero attached hydrogens (tertiary/aromatic N) is 3.